The van der Waals surface area contributed by atoms with Crippen LogP contribution in [0.5, 0.6) is 0 Å². The van der Waals surface area contributed by atoms with Gasteiger partial charge in [0.15, 0.2) is 0 Å². The molecule has 2 aromatic carbocycles. The summed E-state index contributed by atoms with van der Waals surface area (Å²) in [4.78, 5) is 27.0. The minimum absolute atomic E-state index is 0.130. The number of carbonyl (C=O) groups excluding carboxylic acids is 2. The van der Waals surface area contributed by atoms with E-state index < -0.39 is 10.0 Å². The van der Waals surface area contributed by atoms with E-state index in [4.69, 9.17) is 16.3 Å². The maximum atomic E-state index is 13.0. The van der Waals surface area contributed by atoms with E-state index in [0.29, 0.717) is 62.8 Å². The summed E-state index contributed by atoms with van der Waals surface area (Å²) in [5.41, 5.74) is 2.23. The molecule has 33 heavy (non-hydrogen) atoms. The molecule has 0 saturated carbocycles. The number of hydrogen-bond donors (Lipinski definition) is 1. The number of amides is 2. The van der Waals surface area contributed by atoms with E-state index in [1.807, 2.05) is 12.1 Å². The van der Waals surface area contributed by atoms with Crippen molar-refractivity contribution in [1.29, 1.82) is 0 Å². The Kier molecular flexibility index (Phi) is 7.33. The maximum absolute atomic E-state index is 13.0. The number of nitrogens with zero attached hydrogens (tertiary/aromatic N) is 2. The first-order valence-electron chi connectivity index (χ1n) is 10.9. The number of carbonyl (C=O) groups is 2. The zero-order valence-electron chi connectivity index (χ0n) is 18.1. The highest BCUT2D eigenvalue weighted by molar-refractivity contribution is 7.89. The van der Waals surface area contributed by atoms with Crippen LogP contribution >= 0.6 is 11.6 Å². The fourth-order valence-electron chi connectivity index (χ4n) is 4.00. The standard InChI is InChI=1S/C23H26ClN3O5S/c24-19-6-4-17(5-7-19)15-25-22(28)16-27-21-9-8-20(14-18(21)2-1-3-23(27)29)33(30,31)26-10-12-32-13-11-26/h4-9,14H,1-3,10-13,15-16H2,(H,25,28). The van der Waals surface area contributed by atoms with Crippen LogP contribution in [0.15, 0.2) is 47.4 Å². The van der Waals surface area contributed by atoms with Crippen LogP contribution in [-0.4, -0.2) is 57.4 Å². The molecule has 2 aliphatic rings. The Hall–Kier alpha value is -2.46. The number of morpholine rings is 1. The van der Waals surface area contributed by atoms with Crippen molar-refractivity contribution in [3.63, 3.8) is 0 Å². The van der Waals surface area contributed by atoms with Crippen LogP contribution in [0.3, 0.4) is 0 Å². The maximum Gasteiger partial charge on any atom is 0.243 e. The van der Waals surface area contributed by atoms with Gasteiger partial charge in [0.05, 0.1) is 18.1 Å². The number of rotatable bonds is 6. The van der Waals surface area contributed by atoms with Gasteiger partial charge in [0.1, 0.15) is 6.54 Å². The lowest BCUT2D eigenvalue weighted by Crippen LogP contribution is -2.41. The van der Waals surface area contributed by atoms with Crippen LogP contribution in [0, 0.1) is 0 Å². The molecular formula is C23H26ClN3O5S. The molecular weight excluding hydrogens is 466 g/mol. The quantitative estimate of drug-likeness (QED) is 0.669. The van der Waals surface area contributed by atoms with Crippen LogP contribution in [0.2, 0.25) is 5.02 Å². The average molecular weight is 492 g/mol. The van der Waals surface area contributed by atoms with Crippen molar-refractivity contribution in [2.75, 3.05) is 37.7 Å². The summed E-state index contributed by atoms with van der Waals surface area (Å²) in [7, 11) is -3.64. The summed E-state index contributed by atoms with van der Waals surface area (Å²) in [5.74, 6) is -0.449. The molecule has 0 aliphatic carbocycles. The van der Waals surface area contributed by atoms with Gasteiger partial charge in [-0.2, -0.15) is 4.31 Å². The predicted molar refractivity (Wildman–Crippen MR) is 125 cm³/mol. The van der Waals surface area contributed by atoms with Gasteiger partial charge < -0.3 is 15.0 Å². The zero-order chi connectivity index (χ0) is 23.4. The summed E-state index contributed by atoms with van der Waals surface area (Å²) in [6.45, 7) is 1.57. The molecule has 176 valence electrons. The third kappa shape index (κ3) is 5.55. The second kappa shape index (κ2) is 10.2. The van der Waals surface area contributed by atoms with Crippen LogP contribution in [0.25, 0.3) is 0 Å². The number of ether oxygens (including phenoxy) is 1. The van der Waals surface area contributed by atoms with E-state index in [1.165, 1.54) is 15.3 Å². The molecule has 2 aliphatic heterocycles. The summed E-state index contributed by atoms with van der Waals surface area (Å²) < 4.78 is 32.8. The molecule has 1 saturated heterocycles. The number of benzene rings is 2. The summed E-state index contributed by atoms with van der Waals surface area (Å²) >= 11 is 5.89. The summed E-state index contributed by atoms with van der Waals surface area (Å²) in [6, 6.07) is 11.9. The molecule has 1 N–H and O–H groups in total. The first-order chi connectivity index (χ1) is 15.8. The van der Waals surface area contributed by atoms with Crippen molar-refractivity contribution in [3.05, 3.63) is 58.6 Å². The molecule has 2 amide bonds. The molecule has 0 aromatic heterocycles. The van der Waals surface area contributed by atoms with Crippen molar-refractivity contribution in [1.82, 2.24) is 9.62 Å². The van der Waals surface area contributed by atoms with Gasteiger partial charge >= 0.3 is 0 Å². The fourth-order valence-corrected chi connectivity index (χ4v) is 5.58. The lowest BCUT2D eigenvalue weighted by molar-refractivity contribution is -0.123. The highest BCUT2D eigenvalue weighted by atomic mass is 35.5. The van der Waals surface area contributed by atoms with E-state index in [-0.39, 0.29) is 23.3 Å². The smallest absolute Gasteiger partial charge is 0.243 e. The fraction of sp³-hybridized carbons (Fsp3) is 0.391. The summed E-state index contributed by atoms with van der Waals surface area (Å²) in [6.07, 6.45) is 1.46. The summed E-state index contributed by atoms with van der Waals surface area (Å²) in [5, 5.41) is 3.44. The predicted octanol–water partition coefficient (Wildman–Crippen LogP) is 2.35. The van der Waals surface area contributed by atoms with E-state index in [1.54, 1.807) is 24.3 Å². The average Bonchev–Trinajstić information content (AvgIpc) is 2.97. The molecule has 4 rings (SSSR count). The molecule has 8 nitrogen and oxygen atoms in total. The van der Waals surface area contributed by atoms with Crippen molar-refractivity contribution >= 4 is 39.1 Å². The highest BCUT2D eigenvalue weighted by Gasteiger charge is 2.29. The van der Waals surface area contributed by atoms with Gasteiger partial charge in [0, 0.05) is 36.8 Å². The number of anilines is 1. The van der Waals surface area contributed by atoms with Gasteiger partial charge in [-0.15, -0.1) is 0 Å². The van der Waals surface area contributed by atoms with Gasteiger partial charge in [0.2, 0.25) is 21.8 Å². The lowest BCUT2D eigenvalue weighted by atomic mass is 10.1. The number of aryl methyl sites for hydroxylation is 1. The molecule has 10 heteroatoms. The third-order valence-corrected chi connectivity index (χ3v) is 7.94. The van der Waals surface area contributed by atoms with Crippen molar-refractivity contribution in [3.8, 4) is 0 Å². The second-order valence-electron chi connectivity index (χ2n) is 8.04. The number of fused-ring (bicyclic) bond motifs is 1. The highest BCUT2D eigenvalue weighted by Crippen LogP contribution is 2.30. The minimum Gasteiger partial charge on any atom is -0.379 e. The van der Waals surface area contributed by atoms with Gasteiger partial charge in [-0.25, -0.2) is 8.42 Å². The normalized spacial score (nSPS) is 17.4. The van der Waals surface area contributed by atoms with Gasteiger partial charge in [-0.05, 0) is 54.3 Å². The largest absolute Gasteiger partial charge is 0.379 e. The second-order valence-corrected chi connectivity index (χ2v) is 10.4. The van der Waals surface area contributed by atoms with E-state index >= 15 is 0 Å². The molecule has 2 heterocycles. The lowest BCUT2D eigenvalue weighted by Gasteiger charge is -2.27. The Labute approximate surface area is 198 Å². The van der Waals surface area contributed by atoms with E-state index in [2.05, 4.69) is 5.32 Å². The monoisotopic (exact) mass is 491 g/mol. The number of halogens is 1. The SMILES string of the molecule is O=C(CN1C(=O)CCCc2cc(S(=O)(=O)N3CCOCC3)ccc21)NCc1ccc(Cl)cc1. The van der Waals surface area contributed by atoms with Crippen LogP contribution in [-0.2, 0) is 37.3 Å². The van der Waals surface area contributed by atoms with E-state index in [0.717, 1.165) is 11.1 Å². The van der Waals surface area contributed by atoms with E-state index in [9.17, 15) is 18.0 Å². The number of sulfonamides is 1. The van der Waals surface area contributed by atoms with Crippen LogP contribution in [0.4, 0.5) is 5.69 Å². The molecule has 0 unspecified atom stereocenters. The first-order valence-corrected chi connectivity index (χ1v) is 12.7. The number of nitrogens with one attached hydrogen (secondary N) is 1. The molecule has 0 atom stereocenters. The van der Waals surface area contributed by atoms with Crippen molar-refractivity contribution < 1.29 is 22.7 Å². The van der Waals surface area contributed by atoms with Crippen LogP contribution < -0.4 is 10.2 Å². The zero-order valence-corrected chi connectivity index (χ0v) is 19.7. The first kappa shape index (κ1) is 23.7. The van der Waals surface area contributed by atoms with Crippen LogP contribution in [0.1, 0.15) is 24.0 Å². The minimum atomic E-state index is -3.64. The van der Waals surface area contributed by atoms with Crippen molar-refractivity contribution in [2.24, 2.45) is 0 Å². The third-order valence-electron chi connectivity index (χ3n) is 5.79. The molecule has 0 radical (unpaired) electrons. The van der Waals surface area contributed by atoms with Gasteiger partial charge in [0.25, 0.3) is 0 Å². The molecule has 0 spiro atoms. The Morgan fingerprint density at radius 1 is 1.06 bits per heavy atom. The number of hydrogen-bond acceptors (Lipinski definition) is 5. The van der Waals surface area contributed by atoms with Gasteiger partial charge in [-0.1, -0.05) is 23.7 Å². The van der Waals surface area contributed by atoms with Crippen molar-refractivity contribution in [2.45, 2.75) is 30.7 Å². The Balaban J connectivity index is 1.51. The van der Waals surface area contributed by atoms with Gasteiger partial charge in [-0.3, -0.25) is 9.59 Å². The molecule has 1 fully saturated rings. The Bertz CT molecular complexity index is 1130. The topological polar surface area (TPSA) is 96.0 Å². The Morgan fingerprint density at radius 3 is 2.52 bits per heavy atom. The molecule has 0 bridgehead atoms. The molecule has 2 aromatic rings. The Morgan fingerprint density at radius 2 is 1.79 bits per heavy atom.